The zero-order valence-corrected chi connectivity index (χ0v) is 20.3. The summed E-state index contributed by atoms with van der Waals surface area (Å²) in [5.41, 5.74) is 0.603. The molecule has 1 unspecified atom stereocenters. The van der Waals surface area contributed by atoms with Gasteiger partial charge in [-0.3, -0.25) is 4.79 Å². The normalized spacial score (nSPS) is 37.7. The second kappa shape index (κ2) is 8.88. The van der Waals surface area contributed by atoms with Gasteiger partial charge in [0.05, 0.1) is 11.6 Å². The van der Waals surface area contributed by atoms with E-state index < -0.39 is 29.8 Å². The maximum absolute atomic E-state index is 13.2. The Morgan fingerprint density at radius 1 is 1.27 bits per heavy atom. The number of allylic oxidation sites excluding steroid dienone is 1. The predicted molar refractivity (Wildman–Crippen MR) is 126 cm³/mol. The van der Waals surface area contributed by atoms with Crippen LogP contribution in [-0.4, -0.2) is 46.9 Å². The summed E-state index contributed by atoms with van der Waals surface area (Å²) in [6, 6.07) is 9.57. The van der Waals surface area contributed by atoms with E-state index in [9.17, 15) is 14.7 Å². The van der Waals surface area contributed by atoms with Gasteiger partial charge in [-0.25, -0.2) is 4.79 Å². The van der Waals surface area contributed by atoms with Crippen LogP contribution in [0.2, 0.25) is 0 Å². The Kier molecular flexibility index (Phi) is 6.45. The molecule has 2 heterocycles. The quantitative estimate of drug-likeness (QED) is 0.504. The van der Waals surface area contributed by atoms with Crippen LogP contribution in [-0.2, 0) is 19.1 Å². The number of carbonyl (C=O) groups excluding carboxylic acids is 2. The van der Waals surface area contributed by atoms with E-state index in [1.54, 1.807) is 6.08 Å². The minimum atomic E-state index is -0.688. The SMILES string of the molecule is C/C(=C\C(=O)O[C@H]1[C@@H]2[C@H](C)CC[C@H]2C2(C)O[C@@]1(C(C)C)C[C@H]2NC(=O)CO)c1ccccc1. The highest BCUT2D eigenvalue weighted by Gasteiger charge is 2.71. The number of rotatable bonds is 6. The second-order valence-corrected chi connectivity index (χ2v) is 10.7. The van der Waals surface area contributed by atoms with Crippen molar-refractivity contribution in [3.05, 3.63) is 42.0 Å². The van der Waals surface area contributed by atoms with Gasteiger partial charge < -0.3 is 19.9 Å². The Hall–Kier alpha value is -2.18. The van der Waals surface area contributed by atoms with Crippen molar-refractivity contribution in [3.8, 4) is 0 Å². The van der Waals surface area contributed by atoms with Crippen LogP contribution in [0.3, 0.4) is 0 Å². The van der Waals surface area contributed by atoms with Crippen molar-refractivity contribution in [2.75, 3.05) is 6.61 Å². The monoisotopic (exact) mass is 455 g/mol. The third-order valence-corrected chi connectivity index (χ3v) is 8.51. The van der Waals surface area contributed by atoms with Gasteiger partial charge in [-0.2, -0.15) is 0 Å². The number of benzene rings is 1. The van der Waals surface area contributed by atoms with Gasteiger partial charge in [0.1, 0.15) is 18.3 Å². The molecule has 1 aromatic rings. The first-order chi connectivity index (χ1) is 15.6. The van der Waals surface area contributed by atoms with Gasteiger partial charge in [0, 0.05) is 18.4 Å². The number of hydrogen-bond acceptors (Lipinski definition) is 5. The lowest BCUT2D eigenvalue weighted by Gasteiger charge is -2.53. The van der Waals surface area contributed by atoms with Crippen molar-refractivity contribution in [2.24, 2.45) is 23.7 Å². The average molecular weight is 456 g/mol. The lowest BCUT2D eigenvalue weighted by Crippen LogP contribution is -2.63. The molecule has 6 nitrogen and oxygen atoms in total. The first-order valence-electron chi connectivity index (χ1n) is 12.2. The van der Waals surface area contributed by atoms with Crippen LogP contribution in [0.4, 0.5) is 0 Å². The van der Waals surface area contributed by atoms with E-state index in [2.05, 4.69) is 33.0 Å². The zero-order valence-electron chi connectivity index (χ0n) is 20.3. The molecule has 2 bridgehead atoms. The summed E-state index contributed by atoms with van der Waals surface area (Å²) < 4.78 is 13.1. The molecule has 3 fully saturated rings. The summed E-state index contributed by atoms with van der Waals surface area (Å²) in [5.74, 6) is 0.0572. The molecule has 6 heteroatoms. The van der Waals surface area contributed by atoms with Gasteiger partial charge in [0.2, 0.25) is 5.91 Å². The van der Waals surface area contributed by atoms with Crippen molar-refractivity contribution >= 4 is 17.4 Å². The molecule has 4 rings (SSSR count). The highest BCUT2D eigenvalue weighted by atomic mass is 16.6. The molecule has 2 N–H and O–H groups in total. The first kappa shape index (κ1) is 24.0. The summed E-state index contributed by atoms with van der Waals surface area (Å²) in [4.78, 5) is 25.3. The smallest absolute Gasteiger partial charge is 0.331 e. The van der Waals surface area contributed by atoms with Crippen LogP contribution in [0.1, 0.15) is 59.4 Å². The maximum atomic E-state index is 13.2. The molecule has 1 aromatic carbocycles. The summed E-state index contributed by atoms with van der Waals surface area (Å²) in [5, 5.41) is 12.4. The van der Waals surface area contributed by atoms with Crippen LogP contribution in [0.15, 0.2) is 36.4 Å². The molecular weight excluding hydrogens is 418 g/mol. The van der Waals surface area contributed by atoms with E-state index in [1.807, 2.05) is 37.3 Å². The van der Waals surface area contributed by atoms with Gasteiger partial charge in [0.15, 0.2) is 0 Å². The van der Waals surface area contributed by atoms with Crippen molar-refractivity contribution in [2.45, 2.75) is 77.2 Å². The molecule has 0 spiro atoms. The zero-order chi connectivity index (χ0) is 24.0. The molecule has 3 aliphatic rings. The first-order valence-corrected chi connectivity index (χ1v) is 12.2. The number of carbonyl (C=O) groups is 2. The maximum Gasteiger partial charge on any atom is 0.331 e. The van der Waals surface area contributed by atoms with Gasteiger partial charge in [-0.05, 0) is 55.6 Å². The molecule has 1 amide bonds. The number of amides is 1. The Balaban J connectivity index is 1.68. The molecular formula is C27H37NO5. The van der Waals surface area contributed by atoms with Crippen molar-refractivity contribution < 1.29 is 24.2 Å². The molecule has 2 saturated heterocycles. The lowest BCUT2D eigenvalue weighted by atomic mass is 9.69. The number of hydrogen-bond donors (Lipinski definition) is 2. The van der Waals surface area contributed by atoms with Gasteiger partial charge >= 0.3 is 5.97 Å². The van der Waals surface area contributed by atoms with E-state index in [-0.39, 0.29) is 29.8 Å². The molecule has 0 radical (unpaired) electrons. The highest BCUT2D eigenvalue weighted by Crippen LogP contribution is 2.62. The van der Waals surface area contributed by atoms with E-state index in [4.69, 9.17) is 9.47 Å². The van der Waals surface area contributed by atoms with Crippen LogP contribution in [0, 0.1) is 23.7 Å². The summed E-state index contributed by atoms with van der Waals surface area (Å²) in [6.07, 6.45) is 3.75. The molecule has 7 atom stereocenters. The number of aliphatic hydroxyl groups excluding tert-OH is 1. The Labute approximate surface area is 196 Å². The molecule has 33 heavy (non-hydrogen) atoms. The van der Waals surface area contributed by atoms with E-state index >= 15 is 0 Å². The largest absolute Gasteiger partial charge is 0.456 e. The van der Waals surface area contributed by atoms with Crippen LogP contribution in [0.25, 0.3) is 5.57 Å². The molecule has 1 aliphatic carbocycles. The highest BCUT2D eigenvalue weighted by molar-refractivity contribution is 5.91. The number of nitrogens with one attached hydrogen (secondary N) is 1. The third kappa shape index (κ3) is 4.01. The Bertz CT molecular complexity index is 928. The fourth-order valence-electron chi connectivity index (χ4n) is 6.70. The van der Waals surface area contributed by atoms with Crippen LogP contribution >= 0.6 is 0 Å². The fraction of sp³-hybridized carbons (Fsp3) is 0.630. The summed E-state index contributed by atoms with van der Waals surface area (Å²) in [6.45, 7) is 9.89. The van der Waals surface area contributed by atoms with E-state index in [1.165, 1.54) is 0 Å². The molecule has 0 aromatic heterocycles. The predicted octanol–water partition coefficient (Wildman–Crippen LogP) is 3.73. The third-order valence-electron chi connectivity index (χ3n) is 8.51. The van der Waals surface area contributed by atoms with E-state index in [0.29, 0.717) is 12.3 Å². The topological polar surface area (TPSA) is 84.9 Å². The van der Waals surface area contributed by atoms with Crippen LogP contribution < -0.4 is 5.32 Å². The number of fused-ring (bicyclic) bond motifs is 4. The summed E-state index contributed by atoms with van der Waals surface area (Å²) in [7, 11) is 0. The summed E-state index contributed by atoms with van der Waals surface area (Å²) >= 11 is 0. The second-order valence-electron chi connectivity index (χ2n) is 10.7. The van der Waals surface area contributed by atoms with Crippen molar-refractivity contribution in [1.82, 2.24) is 5.32 Å². The fourth-order valence-corrected chi connectivity index (χ4v) is 6.70. The van der Waals surface area contributed by atoms with Crippen molar-refractivity contribution in [3.63, 3.8) is 0 Å². The molecule has 1 saturated carbocycles. The minimum absolute atomic E-state index is 0.0820. The molecule has 180 valence electrons. The van der Waals surface area contributed by atoms with Crippen molar-refractivity contribution in [1.29, 1.82) is 0 Å². The van der Waals surface area contributed by atoms with Gasteiger partial charge in [0.25, 0.3) is 0 Å². The lowest BCUT2D eigenvalue weighted by molar-refractivity contribution is -0.259. The average Bonchev–Trinajstić information content (AvgIpc) is 3.30. The Morgan fingerprint density at radius 2 is 1.97 bits per heavy atom. The van der Waals surface area contributed by atoms with E-state index in [0.717, 1.165) is 24.0 Å². The standard InChI is InChI=1S/C27H37NO5/c1-16(2)27-14-21(28-22(30)15-29)26(5,33-27)20-12-11-17(3)24(20)25(27)32-23(31)13-18(4)19-9-7-6-8-10-19/h6-10,13,16-17,20-21,24-25,29H,11-12,14-15H2,1-5H3,(H,28,30)/b18-13+/t17-,20-,21-,24-,25+,26?,27-/m1/s1. The number of esters is 1. The number of ether oxygens (including phenoxy) is 2. The Morgan fingerprint density at radius 3 is 2.61 bits per heavy atom. The van der Waals surface area contributed by atoms with Gasteiger partial charge in [-0.15, -0.1) is 0 Å². The number of aliphatic hydroxyl groups is 1. The minimum Gasteiger partial charge on any atom is -0.456 e. The van der Waals surface area contributed by atoms with Crippen LogP contribution in [0.5, 0.6) is 0 Å². The molecule has 2 aliphatic heterocycles. The van der Waals surface area contributed by atoms with Gasteiger partial charge in [-0.1, -0.05) is 51.1 Å².